The fourth-order valence-corrected chi connectivity index (χ4v) is 10.1. The molecule has 6 aliphatic rings. The Hall–Kier alpha value is -4.49. The van der Waals surface area contributed by atoms with Crippen LogP contribution in [0, 0.1) is 17.3 Å². The van der Waals surface area contributed by atoms with Gasteiger partial charge in [0.05, 0.1) is 13.2 Å². The van der Waals surface area contributed by atoms with Gasteiger partial charge < -0.3 is 46.5 Å². The van der Waals surface area contributed by atoms with Crippen molar-refractivity contribution in [1.29, 1.82) is 0 Å². The molecule has 7 rings (SSSR count). The monoisotopic (exact) mass is 705 g/mol. The topological polar surface area (TPSA) is 200 Å². The van der Waals surface area contributed by atoms with Crippen molar-refractivity contribution < 1.29 is 33.4 Å². The van der Waals surface area contributed by atoms with Crippen LogP contribution < -0.4 is 36.9 Å². The van der Waals surface area contributed by atoms with Crippen molar-refractivity contribution in [2.24, 2.45) is 33.7 Å². The zero-order chi connectivity index (χ0) is 36.1. The Morgan fingerprint density at radius 2 is 1.96 bits per heavy atom. The van der Waals surface area contributed by atoms with Gasteiger partial charge in [-0.3, -0.25) is 19.4 Å². The highest BCUT2D eigenvalue weighted by molar-refractivity contribution is 5.91. The molecule has 4 amide bonds. The van der Waals surface area contributed by atoms with Crippen LogP contribution in [0.4, 0.5) is 4.79 Å². The van der Waals surface area contributed by atoms with Crippen molar-refractivity contribution in [3.05, 3.63) is 35.1 Å². The molecule has 7 N–H and O–H groups in total. The van der Waals surface area contributed by atoms with Gasteiger partial charge >= 0.3 is 6.09 Å². The second kappa shape index (κ2) is 13.6. The Morgan fingerprint density at radius 3 is 2.73 bits per heavy atom. The molecule has 5 unspecified atom stereocenters. The summed E-state index contributed by atoms with van der Waals surface area (Å²) in [5.41, 5.74) is 13.6. The molecule has 8 atom stereocenters. The summed E-state index contributed by atoms with van der Waals surface area (Å²) < 4.78 is 18.9. The Bertz CT molecular complexity index is 1660. The van der Waals surface area contributed by atoms with Gasteiger partial charge in [-0.1, -0.05) is 6.07 Å². The average Bonchev–Trinajstić information content (AvgIpc) is 3.69. The average molecular weight is 706 g/mol. The summed E-state index contributed by atoms with van der Waals surface area (Å²) in [5.74, 6) is 1.99. The van der Waals surface area contributed by atoms with E-state index in [9.17, 15) is 19.2 Å². The van der Waals surface area contributed by atoms with E-state index in [-0.39, 0.29) is 42.8 Å². The fourth-order valence-electron chi connectivity index (χ4n) is 10.1. The number of hydrogen-bond acceptors (Lipinski definition) is 8. The number of nitrogens with one attached hydrogen (secondary N) is 3. The zero-order valence-electron chi connectivity index (χ0n) is 29.8. The number of nitrogens with zero attached hydrogens (tertiary/aromatic N) is 2. The minimum absolute atomic E-state index is 0.0569. The van der Waals surface area contributed by atoms with Gasteiger partial charge in [0.1, 0.15) is 17.8 Å². The van der Waals surface area contributed by atoms with E-state index in [1.54, 1.807) is 18.9 Å². The number of likely N-dealkylation sites (tertiary alicyclic amines) is 1. The van der Waals surface area contributed by atoms with Crippen LogP contribution in [0.25, 0.3) is 0 Å². The first-order chi connectivity index (χ1) is 24.5. The van der Waals surface area contributed by atoms with E-state index in [0.717, 1.165) is 55.9 Å². The summed E-state index contributed by atoms with van der Waals surface area (Å²) >= 11 is 0. The molecule has 2 spiro atoms. The quantitative estimate of drug-likeness (QED) is 0.123. The summed E-state index contributed by atoms with van der Waals surface area (Å²) in [6, 6.07) is 2.21. The molecule has 0 aromatic heterocycles. The number of benzene rings is 1. The normalized spacial score (nSPS) is 30.2. The van der Waals surface area contributed by atoms with E-state index in [4.69, 9.17) is 25.7 Å². The Balaban J connectivity index is 1.04. The molecular weight excluding hydrogens is 654 g/mol. The number of guanidine groups is 1. The number of hydrogen-bond donors (Lipinski definition) is 5. The Labute approximate surface area is 298 Å². The van der Waals surface area contributed by atoms with Gasteiger partial charge in [-0.2, -0.15) is 0 Å². The fraction of sp³-hybridized carbons (Fsp3) is 0.649. The van der Waals surface area contributed by atoms with Crippen molar-refractivity contribution in [2.75, 3.05) is 26.7 Å². The number of nitrogens with two attached hydrogens (primary N) is 2. The van der Waals surface area contributed by atoms with Crippen molar-refractivity contribution in [1.82, 2.24) is 20.9 Å². The molecule has 2 heterocycles. The first-order valence-corrected chi connectivity index (χ1v) is 18.4. The number of carbonyl (C=O) groups excluding carboxylic acids is 4. The van der Waals surface area contributed by atoms with Gasteiger partial charge in [0.25, 0.3) is 0 Å². The smallest absolute Gasteiger partial charge is 0.415 e. The van der Waals surface area contributed by atoms with E-state index in [1.165, 1.54) is 24.5 Å². The summed E-state index contributed by atoms with van der Waals surface area (Å²) in [6.07, 6.45) is 9.72. The lowest BCUT2D eigenvalue weighted by atomic mass is 9.48. The van der Waals surface area contributed by atoms with Crippen molar-refractivity contribution >= 4 is 29.8 Å². The van der Waals surface area contributed by atoms with Gasteiger partial charge in [-0.05, 0) is 106 Å². The first-order valence-electron chi connectivity index (χ1n) is 18.4. The number of rotatable bonds is 12. The number of amides is 4. The molecule has 14 heteroatoms. The Morgan fingerprint density at radius 1 is 1.14 bits per heavy atom. The van der Waals surface area contributed by atoms with Crippen LogP contribution >= 0.6 is 0 Å². The predicted molar refractivity (Wildman–Crippen MR) is 188 cm³/mol. The second-order valence-electron chi connectivity index (χ2n) is 15.3. The van der Waals surface area contributed by atoms with Crippen LogP contribution in [-0.4, -0.2) is 85.6 Å². The van der Waals surface area contributed by atoms with E-state index in [1.807, 2.05) is 6.07 Å². The SMILES string of the molecule is COc1ccc2c3c1OC1C(OC(=O)N4CCCC[C@@H]4CNC(=O)[C@H](CCCN=C(N)N)NC(=O)[C@H](C)NC(C)=O)=CCC4C5(C2)CC5CCC314. The van der Waals surface area contributed by atoms with Crippen LogP contribution in [0.3, 0.4) is 0 Å². The molecule has 4 aliphatic carbocycles. The minimum Gasteiger partial charge on any atom is -0.493 e. The van der Waals surface area contributed by atoms with Crippen LogP contribution in [0.2, 0.25) is 0 Å². The molecule has 1 aromatic rings. The highest BCUT2D eigenvalue weighted by atomic mass is 16.6. The van der Waals surface area contributed by atoms with Crippen LogP contribution in [-0.2, 0) is 31.0 Å². The summed E-state index contributed by atoms with van der Waals surface area (Å²) in [5, 5.41) is 8.25. The zero-order valence-corrected chi connectivity index (χ0v) is 29.8. The third kappa shape index (κ3) is 6.13. The van der Waals surface area contributed by atoms with Crippen LogP contribution in [0.5, 0.6) is 11.5 Å². The number of ether oxygens (including phenoxy) is 3. The molecule has 1 aromatic carbocycles. The summed E-state index contributed by atoms with van der Waals surface area (Å²) in [7, 11) is 1.67. The van der Waals surface area contributed by atoms with E-state index >= 15 is 0 Å². The predicted octanol–water partition coefficient (Wildman–Crippen LogP) is 2.12. The molecule has 1 saturated heterocycles. The third-order valence-corrected chi connectivity index (χ3v) is 12.4. The van der Waals surface area contributed by atoms with Crippen LogP contribution in [0.1, 0.15) is 82.8 Å². The molecule has 51 heavy (non-hydrogen) atoms. The van der Waals surface area contributed by atoms with Crippen molar-refractivity contribution in [2.45, 2.75) is 108 Å². The number of allylic oxidation sites excluding steroid dienone is 1. The van der Waals surface area contributed by atoms with Crippen molar-refractivity contribution in [3.63, 3.8) is 0 Å². The maximum absolute atomic E-state index is 14.0. The minimum atomic E-state index is -0.894. The lowest BCUT2D eigenvalue weighted by molar-refractivity contribution is -0.131. The van der Waals surface area contributed by atoms with Gasteiger partial charge in [0.2, 0.25) is 17.7 Å². The number of aliphatic imine (C=N–C) groups is 1. The lowest BCUT2D eigenvalue weighted by Crippen LogP contribution is -2.57. The van der Waals surface area contributed by atoms with E-state index in [0.29, 0.717) is 36.5 Å². The highest BCUT2D eigenvalue weighted by Gasteiger charge is 2.75. The molecule has 2 aliphatic heterocycles. The number of methoxy groups -OCH3 is 1. The molecule has 2 saturated carbocycles. The molecule has 276 valence electrons. The lowest BCUT2D eigenvalue weighted by Gasteiger charge is -2.54. The molecule has 3 fully saturated rings. The summed E-state index contributed by atoms with van der Waals surface area (Å²) in [4.78, 5) is 57.5. The summed E-state index contributed by atoms with van der Waals surface area (Å²) in [6.45, 7) is 3.85. The van der Waals surface area contributed by atoms with Gasteiger partial charge in [0, 0.05) is 37.5 Å². The van der Waals surface area contributed by atoms with E-state index in [2.05, 4.69) is 33.1 Å². The molecular formula is C37H51N7O7. The number of piperidine rings is 1. The third-order valence-electron chi connectivity index (χ3n) is 12.4. The van der Waals surface area contributed by atoms with Gasteiger partial charge in [0.15, 0.2) is 23.6 Å². The van der Waals surface area contributed by atoms with Gasteiger partial charge in [-0.25, -0.2) is 4.79 Å². The van der Waals surface area contributed by atoms with Crippen LogP contribution in [0.15, 0.2) is 29.0 Å². The van der Waals surface area contributed by atoms with Crippen molar-refractivity contribution in [3.8, 4) is 11.5 Å². The molecule has 0 radical (unpaired) electrons. The molecule has 14 nitrogen and oxygen atoms in total. The second-order valence-corrected chi connectivity index (χ2v) is 15.3. The maximum Gasteiger partial charge on any atom is 0.415 e. The first kappa shape index (κ1) is 34.9. The maximum atomic E-state index is 14.0. The Kier molecular flexibility index (Phi) is 9.30. The highest BCUT2D eigenvalue weighted by Crippen LogP contribution is 2.78. The van der Waals surface area contributed by atoms with Gasteiger partial charge in [-0.15, -0.1) is 0 Å². The van der Waals surface area contributed by atoms with E-state index < -0.39 is 36.1 Å². The standard InChI is InChI=1S/C37H51N7O7/c1-20(42-21(2)45)32(46)43-25(8-6-15-40-34(38)39)33(47)41-19-24-7-4-5-16-44(24)35(48)50-27-11-12-28-36-17-22-9-10-26(49-3)30-29(22)37(28,31(27)51-30)14-13-23(36)18-36/h9-11,20,23-25,28,31H,4-8,12-19H2,1-3H3,(H,41,47)(H,42,45)(H,43,46)(H4,38,39,40)/t20-,23?,24+,25-,28?,31?,36?,37?/m0/s1. The largest absolute Gasteiger partial charge is 0.493 e. The number of carbonyl (C=O) groups is 4. The molecule has 2 bridgehead atoms.